The molecule has 1 aliphatic rings. The number of aryl methyl sites for hydroxylation is 1. The molecule has 1 fully saturated rings. The van der Waals surface area contributed by atoms with Gasteiger partial charge in [-0.1, -0.05) is 12.1 Å². The number of nitrogens with one attached hydrogen (secondary N) is 2. The SMILES string of the molecule is Cc1cc(N)nc(C[C@H]2CNC[C@H]2OCCNCCc2cccc(F)c2)c1.Cl. The summed E-state index contributed by atoms with van der Waals surface area (Å²) in [5.74, 6) is 0.808. The van der Waals surface area contributed by atoms with Crippen molar-refractivity contribution in [3.63, 3.8) is 0 Å². The van der Waals surface area contributed by atoms with E-state index in [4.69, 9.17) is 10.5 Å². The molecule has 1 saturated heterocycles. The Morgan fingerprint density at radius 2 is 2.11 bits per heavy atom. The van der Waals surface area contributed by atoms with Crippen LogP contribution in [0, 0.1) is 18.7 Å². The molecule has 154 valence electrons. The highest BCUT2D eigenvalue weighted by Gasteiger charge is 2.28. The summed E-state index contributed by atoms with van der Waals surface area (Å²) in [5, 5.41) is 6.77. The Hall–Kier alpha value is -1.73. The van der Waals surface area contributed by atoms with Crippen molar-refractivity contribution in [1.82, 2.24) is 15.6 Å². The molecule has 0 unspecified atom stereocenters. The summed E-state index contributed by atoms with van der Waals surface area (Å²) in [5.41, 5.74) is 9.04. The van der Waals surface area contributed by atoms with Gasteiger partial charge in [-0.25, -0.2) is 9.37 Å². The molecule has 0 radical (unpaired) electrons. The minimum absolute atomic E-state index is 0. The van der Waals surface area contributed by atoms with Gasteiger partial charge in [0.2, 0.25) is 0 Å². The first-order chi connectivity index (χ1) is 13.1. The molecular weight excluding hydrogens is 379 g/mol. The van der Waals surface area contributed by atoms with Crippen molar-refractivity contribution in [2.24, 2.45) is 5.92 Å². The molecule has 1 aromatic carbocycles. The Bertz CT molecular complexity index is 726. The number of nitrogens with two attached hydrogens (primary N) is 1. The van der Waals surface area contributed by atoms with Crippen molar-refractivity contribution in [2.45, 2.75) is 25.9 Å². The van der Waals surface area contributed by atoms with Gasteiger partial charge in [-0.15, -0.1) is 12.4 Å². The van der Waals surface area contributed by atoms with Crippen LogP contribution in [-0.4, -0.2) is 43.9 Å². The van der Waals surface area contributed by atoms with Crippen LogP contribution >= 0.6 is 12.4 Å². The number of pyridine rings is 1. The average molecular weight is 409 g/mol. The van der Waals surface area contributed by atoms with Gasteiger partial charge in [0.1, 0.15) is 11.6 Å². The minimum atomic E-state index is -0.180. The topological polar surface area (TPSA) is 72.2 Å². The Labute approximate surface area is 172 Å². The zero-order chi connectivity index (χ0) is 19.1. The Balaban J connectivity index is 0.00000280. The van der Waals surface area contributed by atoms with Crippen LogP contribution in [0.25, 0.3) is 0 Å². The van der Waals surface area contributed by atoms with Gasteiger partial charge in [0.25, 0.3) is 0 Å². The van der Waals surface area contributed by atoms with Crippen LogP contribution in [0.5, 0.6) is 0 Å². The molecule has 2 atom stereocenters. The van der Waals surface area contributed by atoms with Crippen LogP contribution in [0.2, 0.25) is 0 Å². The van der Waals surface area contributed by atoms with Crippen LogP contribution in [0.4, 0.5) is 10.2 Å². The van der Waals surface area contributed by atoms with Crippen molar-refractivity contribution >= 4 is 18.2 Å². The molecular formula is C21H30ClFN4O. The number of benzene rings is 1. The van der Waals surface area contributed by atoms with Gasteiger partial charge in [-0.05, 0) is 61.7 Å². The Morgan fingerprint density at radius 3 is 2.89 bits per heavy atom. The van der Waals surface area contributed by atoms with Gasteiger partial charge in [0.05, 0.1) is 12.7 Å². The Morgan fingerprint density at radius 1 is 1.25 bits per heavy atom. The summed E-state index contributed by atoms with van der Waals surface area (Å²) in [4.78, 5) is 4.44. The van der Waals surface area contributed by atoms with E-state index in [1.165, 1.54) is 6.07 Å². The number of halogens is 2. The maximum Gasteiger partial charge on any atom is 0.123 e. The molecule has 0 bridgehead atoms. The lowest BCUT2D eigenvalue weighted by atomic mass is 9.99. The van der Waals surface area contributed by atoms with Gasteiger partial charge >= 0.3 is 0 Å². The van der Waals surface area contributed by atoms with Crippen molar-refractivity contribution in [3.05, 3.63) is 59.0 Å². The maximum atomic E-state index is 13.1. The zero-order valence-corrected chi connectivity index (χ0v) is 17.1. The first-order valence-corrected chi connectivity index (χ1v) is 9.60. The van der Waals surface area contributed by atoms with E-state index in [0.717, 1.165) is 55.8 Å². The molecule has 2 aromatic rings. The van der Waals surface area contributed by atoms with E-state index in [1.807, 2.05) is 19.1 Å². The highest BCUT2D eigenvalue weighted by Crippen LogP contribution is 2.19. The fourth-order valence-corrected chi connectivity index (χ4v) is 3.58. The number of hydrogen-bond acceptors (Lipinski definition) is 5. The van der Waals surface area contributed by atoms with Crippen molar-refractivity contribution in [3.8, 4) is 0 Å². The van der Waals surface area contributed by atoms with E-state index in [2.05, 4.69) is 21.7 Å². The lowest BCUT2D eigenvalue weighted by Gasteiger charge is -2.19. The summed E-state index contributed by atoms with van der Waals surface area (Å²) in [6, 6.07) is 10.7. The van der Waals surface area contributed by atoms with E-state index in [0.29, 0.717) is 18.3 Å². The fourth-order valence-electron chi connectivity index (χ4n) is 3.58. The molecule has 3 rings (SSSR count). The van der Waals surface area contributed by atoms with E-state index < -0.39 is 0 Å². The quantitative estimate of drug-likeness (QED) is 0.556. The normalized spacial score (nSPS) is 18.8. The number of nitrogens with zero attached hydrogens (tertiary/aromatic N) is 1. The standard InChI is InChI=1S/C21H29FN4O.ClH/c1-15-9-19(26-21(23)10-15)12-17-13-25-14-20(17)27-8-7-24-6-5-16-3-2-4-18(22)11-16;/h2-4,9-11,17,20,24-25H,5-8,12-14H2,1H3,(H2,23,26);1H/t17-,20+;/m0./s1. The third-order valence-electron chi connectivity index (χ3n) is 4.88. The number of nitrogen functional groups attached to an aromatic ring is 1. The largest absolute Gasteiger partial charge is 0.384 e. The third-order valence-corrected chi connectivity index (χ3v) is 4.88. The second-order valence-corrected chi connectivity index (χ2v) is 7.22. The molecule has 4 N–H and O–H groups in total. The van der Waals surface area contributed by atoms with Gasteiger partial charge in [-0.2, -0.15) is 0 Å². The van der Waals surface area contributed by atoms with Gasteiger partial charge < -0.3 is 21.1 Å². The average Bonchev–Trinajstić information content (AvgIpc) is 3.04. The monoisotopic (exact) mass is 408 g/mol. The summed E-state index contributed by atoms with van der Waals surface area (Å²) in [6.45, 7) is 6.11. The second-order valence-electron chi connectivity index (χ2n) is 7.22. The van der Waals surface area contributed by atoms with E-state index >= 15 is 0 Å². The predicted octanol–water partition coefficient (Wildman–Crippen LogP) is 2.51. The maximum absolute atomic E-state index is 13.1. The van der Waals surface area contributed by atoms with Gasteiger partial charge in [-0.3, -0.25) is 0 Å². The molecule has 28 heavy (non-hydrogen) atoms. The molecule has 0 amide bonds. The number of aromatic nitrogens is 1. The summed E-state index contributed by atoms with van der Waals surface area (Å²) in [7, 11) is 0. The van der Waals surface area contributed by atoms with Crippen molar-refractivity contribution in [2.75, 3.05) is 38.5 Å². The van der Waals surface area contributed by atoms with E-state index in [1.54, 1.807) is 12.1 Å². The smallest absolute Gasteiger partial charge is 0.123 e. The van der Waals surface area contributed by atoms with Crippen LogP contribution in [0.3, 0.4) is 0 Å². The molecule has 1 aromatic heterocycles. The number of hydrogen-bond donors (Lipinski definition) is 3. The third kappa shape index (κ3) is 7.02. The molecule has 0 spiro atoms. The highest BCUT2D eigenvalue weighted by molar-refractivity contribution is 5.85. The summed E-state index contributed by atoms with van der Waals surface area (Å²) < 4.78 is 19.2. The highest BCUT2D eigenvalue weighted by atomic mass is 35.5. The number of anilines is 1. The minimum Gasteiger partial charge on any atom is -0.384 e. The first kappa shape index (κ1) is 22.6. The molecule has 7 heteroatoms. The van der Waals surface area contributed by atoms with Crippen LogP contribution in [0.1, 0.15) is 16.8 Å². The van der Waals surface area contributed by atoms with Gasteiger partial charge in [0.15, 0.2) is 0 Å². The lowest BCUT2D eigenvalue weighted by molar-refractivity contribution is 0.0397. The number of ether oxygens (including phenoxy) is 1. The van der Waals surface area contributed by atoms with Gasteiger partial charge in [0, 0.05) is 31.2 Å². The lowest BCUT2D eigenvalue weighted by Crippen LogP contribution is -2.29. The summed E-state index contributed by atoms with van der Waals surface area (Å²) >= 11 is 0. The molecule has 0 saturated carbocycles. The second kappa shape index (κ2) is 11.3. The number of rotatable bonds is 9. The Kier molecular flexibility index (Phi) is 9.12. The fraction of sp³-hybridized carbons (Fsp3) is 0.476. The molecule has 1 aliphatic heterocycles. The van der Waals surface area contributed by atoms with Crippen LogP contribution in [-0.2, 0) is 17.6 Å². The molecule has 2 heterocycles. The molecule has 0 aliphatic carbocycles. The van der Waals surface area contributed by atoms with Crippen molar-refractivity contribution in [1.29, 1.82) is 0 Å². The van der Waals surface area contributed by atoms with E-state index in [-0.39, 0.29) is 24.3 Å². The summed E-state index contributed by atoms with van der Waals surface area (Å²) in [6.07, 6.45) is 1.88. The van der Waals surface area contributed by atoms with Crippen LogP contribution in [0.15, 0.2) is 36.4 Å². The van der Waals surface area contributed by atoms with E-state index in [9.17, 15) is 4.39 Å². The zero-order valence-electron chi connectivity index (χ0n) is 16.3. The first-order valence-electron chi connectivity index (χ1n) is 9.60. The molecule has 5 nitrogen and oxygen atoms in total. The predicted molar refractivity (Wildman–Crippen MR) is 113 cm³/mol. The van der Waals surface area contributed by atoms with Crippen molar-refractivity contribution < 1.29 is 9.13 Å². The van der Waals surface area contributed by atoms with Crippen LogP contribution < -0.4 is 16.4 Å².